The Morgan fingerprint density at radius 3 is 1.04 bits per heavy atom. The van der Waals surface area contributed by atoms with Gasteiger partial charge in [0.1, 0.15) is 28.2 Å². The monoisotopic (exact) mass is 416 g/mol. The predicted octanol–water partition coefficient (Wildman–Crippen LogP) is -2.49. The summed E-state index contributed by atoms with van der Waals surface area (Å²) in [5.41, 5.74) is -0.100. The van der Waals surface area contributed by atoms with E-state index >= 15 is 0 Å². The molecule has 146 valence electrons. The molecule has 0 heterocycles. The molecule has 0 saturated heterocycles. The molecule has 0 N–H and O–H groups in total. The van der Waals surface area contributed by atoms with Crippen molar-refractivity contribution in [3.8, 4) is 0 Å². The van der Waals surface area contributed by atoms with Gasteiger partial charge < -0.3 is 32.8 Å². The molecule has 0 fully saturated rings. The Balaban J connectivity index is 4.90. The van der Waals surface area contributed by atoms with Gasteiger partial charge in [0.15, 0.2) is 0 Å². The SMILES string of the molecule is COC(OC)[SiH2]CC(C[SiH2]C(OC)OC)(C[SiH2]C(OC)OC)O[SiH3]. The molecule has 0 unspecified atom stereocenters. The Morgan fingerprint density at radius 2 is 0.875 bits per heavy atom. The smallest absolute Gasteiger partial charge is 0.146 e. The number of hydrogen-bond donors (Lipinski definition) is 0. The second-order valence-corrected chi connectivity index (χ2v) is 11.3. The average molecular weight is 417 g/mol. The van der Waals surface area contributed by atoms with E-state index < -0.39 is 28.6 Å². The zero-order valence-electron chi connectivity index (χ0n) is 16.3. The van der Waals surface area contributed by atoms with Crippen LogP contribution in [-0.2, 0) is 32.8 Å². The first kappa shape index (κ1) is 24.6. The minimum absolute atomic E-state index is 0.0641. The van der Waals surface area contributed by atoms with Crippen LogP contribution in [-0.4, -0.2) is 105 Å². The lowest BCUT2D eigenvalue weighted by atomic mass is 10.2. The van der Waals surface area contributed by atoms with Crippen molar-refractivity contribution in [2.75, 3.05) is 42.7 Å². The van der Waals surface area contributed by atoms with E-state index in [9.17, 15) is 0 Å². The van der Waals surface area contributed by atoms with Gasteiger partial charge in [-0.3, -0.25) is 0 Å². The first-order valence-electron chi connectivity index (χ1n) is 8.26. The lowest BCUT2D eigenvalue weighted by molar-refractivity contribution is -0.0483. The molecule has 0 aromatic carbocycles. The van der Waals surface area contributed by atoms with E-state index in [-0.39, 0.29) is 23.3 Å². The Bertz CT molecular complexity index is 249. The van der Waals surface area contributed by atoms with Gasteiger partial charge in [-0.15, -0.1) is 0 Å². The van der Waals surface area contributed by atoms with Crippen LogP contribution in [0.2, 0.25) is 18.1 Å². The van der Waals surface area contributed by atoms with Gasteiger partial charge in [-0.25, -0.2) is 0 Å². The molecule has 0 aliphatic rings. The van der Waals surface area contributed by atoms with Gasteiger partial charge in [0.05, 0.1) is 28.6 Å². The van der Waals surface area contributed by atoms with Gasteiger partial charge >= 0.3 is 0 Å². The maximum Gasteiger partial charge on any atom is 0.146 e. The molecule has 0 saturated carbocycles. The fourth-order valence-electron chi connectivity index (χ4n) is 2.82. The highest BCUT2D eigenvalue weighted by Crippen LogP contribution is 2.27. The van der Waals surface area contributed by atoms with E-state index in [0.717, 1.165) is 18.1 Å². The number of rotatable bonds is 16. The van der Waals surface area contributed by atoms with Crippen molar-refractivity contribution in [3.05, 3.63) is 0 Å². The van der Waals surface area contributed by atoms with E-state index in [2.05, 4.69) is 0 Å². The molecule has 0 spiro atoms. The molecular formula is C13H36O7Si4. The second-order valence-electron chi connectivity index (χ2n) is 5.71. The summed E-state index contributed by atoms with van der Waals surface area (Å²) < 4.78 is 38.5. The molecule has 7 nitrogen and oxygen atoms in total. The van der Waals surface area contributed by atoms with Gasteiger partial charge in [-0.1, -0.05) is 0 Å². The third-order valence-corrected chi connectivity index (χ3v) is 12.4. The van der Waals surface area contributed by atoms with Crippen molar-refractivity contribution < 1.29 is 32.8 Å². The van der Waals surface area contributed by atoms with Crippen LogP contribution in [0.15, 0.2) is 0 Å². The molecule has 0 aliphatic carbocycles. The fraction of sp³-hybridized carbons (Fsp3) is 1.00. The van der Waals surface area contributed by atoms with E-state index in [4.69, 9.17) is 32.8 Å². The number of methoxy groups -OCH3 is 6. The maximum absolute atomic E-state index is 6.17. The van der Waals surface area contributed by atoms with Crippen LogP contribution >= 0.6 is 0 Å². The van der Waals surface area contributed by atoms with E-state index in [1.54, 1.807) is 42.7 Å². The molecule has 11 heteroatoms. The quantitative estimate of drug-likeness (QED) is 0.204. The zero-order valence-corrected chi connectivity index (χ0v) is 22.6. The summed E-state index contributed by atoms with van der Waals surface area (Å²) in [6, 6.07) is 3.09. The largest absolute Gasteiger partial charge is 0.423 e. The predicted molar refractivity (Wildman–Crippen MR) is 107 cm³/mol. The molecule has 0 bridgehead atoms. The van der Waals surface area contributed by atoms with Crippen LogP contribution < -0.4 is 0 Å². The summed E-state index contributed by atoms with van der Waals surface area (Å²) in [6.07, 6.45) is 0. The highest BCUT2D eigenvalue weighted by atomic mass is 28.2. The molecule has 0 aliphatic heterocycles. The summed E-state index contributed by atoms with van der Waals surface area (Å²) >= 11 is 0. The normalized spacial score (nSPS) is 16.4. The van der Waals surface area contributed by atoms with Crippen LogP contribution in [0, 0.1) is 0 Å². The number of ether oxygens (including phenoxy) is 6. The van der Waals surface area contributed by atoms with Gasteiger partial charge in [-0.2, -0.15) is 0 Å². The zero-order chi connectivity index (χ0) is 18.4. The molecule has 24 heavy (non-hydrogen) atoms. The van der Waals surface area contributed by atoms with Crippen LogP contribution in [0.25, 0.3) is 0 Å². The summed E-state index contributed by atoms with van der Waals surface area (Å²) in [5.74, 6) is -0.192. The first-order chi connectivity index (χ1) is 11.5. The summed E-state index contributed by atoms with van der Waals surface area (Å²) in [6.45, 7) is 0. The van der Waals surface area contributed by atoms with Gasteiger partial charge in [0, 0.05) is 48.3 Å². The second kappa shape index (κ2) is 14.7. The molecular weight excluding hydrogens is 380 g/mol. The first-order valence-corrected chi connectivity index (χ1v) is 14.5. The fourth-order valence-corrected chi connectivity index (χ4v) is 12.0. The molecule has 0 radical (unpaired) electrons. The van der Waals surface area contributed by atoms with Crippen LogP contribution in [0.4, 0.5) is 0 Å². The average Bonchev–Trinajstić information content (AvgIpc) is 2.63. The number of hydrogen-bond acceptors (Lipinski definition) is 7. The molecule has 0 rings (SSSR count). The minimum Gasteiger partial charge on any atom is -0.423 e. The third-order valence-electron chi connectivity index (χ3n) is 4.52. The molecule has 0 aromatic heterocycles. The standard InChI is InChI=1S/C13H36O7Si4/c1-14-10(15-2)22-7-13(20-21,8-23-11(16-3)17-4)9-24-12(18-5)19-6/h10-12H,7-9,22-24H2,1-6,21H3. The van der Waals surface area contributed by atoms with Crippen molar-refractivity contribution >= 4 is 39.0 Å². The van der Waals surface area contributed by atoms with Gasteiger partial charge in [-0.05, 0) is 18.1 Å². The van der Waals surface area contributed by atoms with Crippen LogP contribution in [0.5, 0.6) is 0 Å². The maximum atomic E-state index is 6.17. The summed E-state index contributed by atoms with van der Waals surface area (Å²) in [7, 11) is 9.20. The molecule has 0 amide bonds. The van der Waals surface area contributed by atoms with Gasteiger partial charge in [0.25, 0.3) is 0 Å². The Kier molecular flexibility index (Phi) is 15.1. The highest BCUT2D eigenvalue weighted by molar-refractivity contribution is 6.42. The van der Waals surface area contributed by atoms with Crippen molar-refractivity contribution in [1.82, 2.24) is 0 Å². The van der Waals surface area contributed by atoms with Gasteiger partial charge in [0.2, 0.25) is 0 Å². The van der Waals surface area contributed by atoms with Crippen molar-refractivity contribution in [1.29, 1.82) is 0 Å². The summed E-state index contributed by atoms with van der Waals surface area (Å²) in [5, 5.41) is 0. The summed E-state index contributed by atoms with van der Waals surface area (Å²) in [4.78, 5) is 0. The lowest BCUT2D eigenvalue weighted by Crippen LogP contribution is -2.42. The van der Waals surface area contributed by atoms with Crippen molar-refractivity contribution in [3.63, 3.8) is 0 Å². The third kappa shape index (κ3) is 9.33. The Labute approximate surface area is 156 Å². The van der Waals surface area contributed by atoms with Crippen molar-refractivity contribution in [2.24, 2.45) is 0 Å². The Hall–Kier alpha value is 0.588. The van der Waals surface area contributed by atoms with E-state index in [0.29, 0.717) is 10.5 Å². The van der Waals surface area contributed by atoms with E-state index in [1.165, 1.54) is 0 Å². The van der Waals surface area contributed by atoms with Crippen LogP contribution in [0.1, 0.15) is 0 Å². The molecule has 0 aromatic rings. The van der Waals surface area contributed by atoms with E-state index in [1.807, 2.05) is 0 Å². The molecule has 0 atom stereocenters. The minimum atomic E-state index is -0.571. The topological polar surface area (TPSA) is 64.6 Å². The van der Waals surface area contributed by atoms with Crippen LogP contribution in [0.3, 0.4) is 0 Å². The highest BCUT2D eigenvalue weighted by Gasteiger charge is 2.32. The Morgan fingerprint density at radius 1 is 0.625 bits per heavy atom. The lowest BCUT2D eigenvalue weighted by Gasteiger charge is -2.36. The van der Waals surface area contributed by atoms with Crippen molar-refractivity contribution in [2.45, 2.75) is 41.5 Å².